The normalized spacial score (nSPS) is 12.6. The van der Waals surface area contributed by atoms with Crippen molar-refractivity contribution < 1.29 is 12.6 Å². The van der Waals surface area contributed by atoms with Crippen LogP contribution in [0.2, 0.25) is 0 Å². The van der Waals surface area contributed by atoms with Gasteiger partial charge in [0, 0.05) is 0 Å². The van der Waals surface area contributed by atoms with Crippen LogP contribution in [0.1, 0.15) is 104 Å². The molecule has 134 valence electrons. The van der Waals surface area contributed by atoms with Crippen LogP contribution in [0.5, 0.6) is 0 Å². The Labute approximate surface area is 141 Å². The van der Waals surface area contributed by atoms with E-state index in [0.29, 0.717) is 13.2 Å². The molecule has 22 heavy (non-hydrogen) atoms. The minimum atomic E-state index is -1.54. The Morgan fingerprint density at radius 3 is 1.32 bits per heavy atom. The van der Waals surface area contributed by atoms with E-state index < -0.39 is 11.4 Å². The van der Waals surface area contributed by atoms with Gasteiger partial charge in [-0.3, -0.25) is 8.37 Å². The average Bonchev–Trinajstić information content (AvgIpc) is 2.52. The third-order valence-electron chi connectivity index (χ3n) is 3.85. The molecule has 1 unspecified atom stereocenters. The van der Waals surface area contributed by atoms with Crippen LogP contribution in [0.15, 0.2) is 0 Å². The van der Waals surface area contributed by atoms with Gasteiger partial charge in [0.05, 0.1) is 13.2 Å². The summed E-state index contributed by atoms with van der Waals surface area (Å²) in [7, 11) is 0. The van der Waals surface area contributed by atoms with E-state index in [-0.39, 0.29) is 0 Å². The van der Waals surface area contributed by atoms with Gasteiger partial charge in [-0.05, 0) is 12.8 Å². The molecule has 0 bridgehead atoms. The van der Waals surface area contributed by atoms with Crippen LogP contribution < -0.4 is 0 Å². The van der Waals surface area contributed by atoms with E-state index in [1.165, 1.54) is 64.2 Å². The van der Waals surface area contributed by atoms with Crippen molar-refractivity contribution in [2.75, 3.05) is 13.2 Å². The summed E-state index contributed by atoms with van der Waals surface area (Å²) in [6, 6.07) is 0. The van der Waals surface area contributed by atoms with Crippen molar-refractivity contribution in [2.45, 2.75) is 104 Å². The fourth-order valence-corrected chi connectivity index (χ4v) is 2.98. The molecular weight excluding hydrogens is 296 g/mol. The maximum atomic E-state index is 11.4. The molecule has 0 aromatic rings. The van der Waals surface area contributed by atoms with Gasteiger partial charge >= 0.3 is 11.4 Å². The fraction of sp³-hybridized carbons (Fsp3) is 1.00. The van der Waals surface area contributed by atoms with E-state index >= 15 is 0 Å². The molecule has 0 saturated heterocycles. The third-order valence-corrected chi connectivity index (χ3v) is 4.57. The fourth-order valence-electron chi connectivity index (χ4n) is 2.41. The van der Waals surface area contributed by atoms with Crippen molar-refractivity contribution in [3.8, 4) is 0 Å². The molecule has 0 fully saturated rings. The summed E-state index contributed by atoms with van der Waals surface area (Å²) in [4.78, 5) is 0. The molecule has 0 aromatic heterocycles. The zero-order valence-electron chi connectivity index (χ0n) is 14.9. The first-order valence-corrected chi connectivity index (χ1v) is 10.5. The Morgan fingerprint density at radius 2 is 0.864 bits per heavy atom. The number of rotatable bonds is 18. The van der Waals surface area contributed by atoms with Crippen molar-refractivity contribution in [3.05, 3.63) is 0 Å². The molecule has 0 radical (unpaired) electrons. The standard InChI is InChI=1S/C18H38O3S/c1-3-5-7-8-9-10-11-12-13-14-16-18-21-22(19)20-17-15-6-4-2/h3-18H2,1-2H3. The second-order valence-corrected chi connectivity index (χ2v) is 6.97. The van der Waals surface area contributed by atoms with Crippen LogP contribution in [0.4, 0.5) is 0 Å². The predicted octanol–water partition coefficient (Wildman–Crippen LogP) is 6.10. The van der Waals surface area contributed by atoms with Gasteiger partial charge in [-0.15, -0.1) is 0 Å². The van der Waals surface area contributed by atoms with Crippen molar-refractivity contribution in [3.63, 3.8) is 0 Å². The molecule has 4 heteroatoms. The average molecular weight is 335 g/mol. The zero-order chi connectivity index (χ0) is 16.3. The summed E-state index contributed by atoms with van der Waals surface area (Å²) >= 11 is -1.54. The molecule has 3 nitrogen and oxygen atoms in total. The Kier molecular flexibility index (Phi) is 19.2. The molecule has 0 saturated carbocycles. The SMILES string of the molecule is CCCCCCCCCCCCCOS(=O)OCCCCC. The van der Waals surface area contributed by atoms with Crippen molar-refractivity contribution in [1.82, 2.24) is 0 Å². The monoisotopic (exact) mass is 334 g/mol. The molecule has 0 heterocycles. The maximum Gasteiger partial charge on any atom is 0.304 e. The van der Waals surface area contributed by atoms with E-state index in [2.05, 4.69) is 13.8 Å². The van der Waals surface area contributed by atoms with Crippen LogP contribution in [0.25, 0.3) is 0 Å². The first-order chi connectivity index (χ1) is 10.8. The molecule has 0 aliphatic rings. The quantitative estimate of drug-likeness (QED) is 0.284. The van der Waals surface area contributed by atoms with Gasteiger partial charge in [0.2, 0.25) is 0 Å². The predicted molar refractivity (Wildman–Crippen MR) is 96.0 cm³/mol. The van der Waals surface area contributed by atoms with Gasteiger partial charge in [0.15, 0.2) is 0 Å². The van der Waals surface area contributed by atoms with Gasteiger partial charge in [0.25, 0.3) is 0 Å². The smallest absolute Gasteiger partial charge is 0.268 e. The highest BCUT2D eigenvalue weighted by Gasteiger charge is 2.00. The van der Waals surface area contributed by atoms with Crippen LogP contribution in [0, 0.1) is 0 Å². The van der Waals surface area contributed by atoms with E-state index in [9.17, 15) is 4.21 Å². The summed E-state index contributed by atoms with van der Waals surface area (Å²) in [5.41, 5.74) is 0. The lowest BCUT2D eigenvalue weighted by Crippen LogP contribution is -2.04. The first-order valence-electron chi connectivity index (χ1n) is 9.49. The molecule has 0 amide bonds. The van der Waals surface area contributed by atoms with Crippen molar-refractivity contribution in [1.29, 1.82) is 0 Å². The first kappa shape index (κ1) is 22.1. The van der Waals surface area contributed by atoms with Crippen LogP contribution in [-0.4, -0.2) is 17.4 Å². The van der Waals surface area contributed by atoms with E-state index in [1.807, 2.05) is 0 Å². The Balaban J connectivity index is 3.08. The topological polar surface area (TPSA) is 35.5 Å². The highest BCUT2D eigenvalue weighted by Crippen LogP contribution is 2.11. The summed E-state index contributed by atoms with van der Waals surface area (Å²) in [5.74, 6) is 0. The second-order valence-electron chi connectivity index (χ2n) is 6.09. The van der Waals surface area contributed by atoms with E-state index in [4.69, 9.17) is 8.37 Å². The minimum Gasteiger partial charge on any atom is -0.268 e. The highest BCUT2D eigenvalue weighted by molar-refractivity contribution is 7.75. The number of unbranched alkanes of at least 4 members (excludes halogenated alkanes) is 12. The lowest BCUT2D eigenvalue weighted by molar-refractivity contribution is 0.241. The molecule has 0 aromatic carbocycles. The molecule has 0 aliphatic carbocycles. The maximum absolute atomic E-state index is 11.4. The lowest BCUT2D eigenvalue weighted by Gasteiger charge is -2.04. The van der Waals surface area contributed by atoms with Gasteiger partial charge < -0.3 is 0 Å². The molecule has 1 atom stereocenters. The molecular formula is C18H38O3S. The lowest BCUT2D eigenvalue weighted by atomic mass is 10.1. The number of hydrogen-bond acceptors (Lipinski definition) is 3. The van der Waals surface area contributed by atoms with E-state index in [1.54, 1.807) is 0 Å². The molecule has 0 aliphatic heterocycles. The summed E-state index contributed by atoms with van der Waals surface area (Å²) in [5, 5.41) is 0. The Hall–Kier alpha value is 0.0700. The summed E-state index contributed by atoms with van der Waals surface area (Å²) in [6.07, 6.45) is 17.7. The second kappa shape index (κ2) is 19.1. The Morgan fingerprint density at radius 1 is 0.545 bits per heavy atom. The summed E-state index contributed by atoms with van der Waals surface area (Å²) < 4.78 is 21.6. The number of hydrogen-bond donors (Lipinski definition) is 0. The van der Waals surface area contributed by atoms with Crippen LogP contribution >= 0.6 is 0 Å². The van der Waals surface area contributed by atoms with Gasteiger partial charge in [-0.1, -0.05) is 90.9 Å². The van der Waals surface area contributed by atoms with Crippen molar-refractivity contribution in [2.24, 2.45) is 0 Å². The van der Waals surface area contributed by atoms with Crippen molar-refractivity contribution >= 4 is 11.4 Å². The summed E-state index contributed by atoms with van der Waals surface area (Å²) in [6.45, 7) is 5.49. The molecule has 0 spiro atoms. The Bertz CT molecular complexity index is 234. The highest BCUT2D eigenvalue weighted by atomic mass is 32.2. The van der Waals surface area contributed by atoms with E-state index in [0.717, 1.165) is 25.7 Å². The van der Waals surface area contributed by atoms with Gasteiger partial charge in [0.1, 0.15) is 0 Å². The molecule has 0 rings (SSSR count). The van der Waals surface area contributed by atoms with Crippen LogP contribution in [-0.2, 0) is 19.7 Å². The largest absolute Gasteiger partial charge is 0.304 e. The van der Waals surface area contributed by atoms with Gasteiger partial charge in [-0.2, -0.15) is 4.21 Å². The zero-order valence-corrected chi connectivity index (χ0v) is 15.8. The minimum absolute atomic E-state index is 0.540. The third kappa shape index (κ3) is 18.1. The molecule has 0 N–H and O–H groups in total. The van der Waals surface area contributed by atoms with Gasteiger partial charge in [-0.25, -0.2) is 0 Å². The van der Waals surface area contributed by atoms with Crippen LogP contribution in [0.3, 0.4) is 0 Å².